The number of rotatable bonds is 6. The van der Waals surface area contributed by atoms with Crippen LogP contribution < -0.4 is 10.6 Å². The van der Waals surface area contributed by atoms with Crippen LogP contribution in [0.5, 0.6) is 0 Å². The molecular weight excluding hydrogens is 400 g/mol. The second-order valence-electron chi connectivity index (χ2n) is 7.91. The number of likely N-dealkylation sites (tertiary alicyclic amines) is 1. The summed E-state index contributed by atoms with van der Waals surface area (Å²) in [6.07, 6.45) is 1.92. The van der Waals surface area contributed by atoms with Crippen LogP contribution in [0.3, 0.4) is 0 Å². The van der Waals surface area contributed by atoms with Gasteiger partial charge in [-0.25, -0.2) is 4.79 Å². The van der Waals surface area contributed by atoms with E-state index >= 15 is 0 Å². The summed E-state index contributed by atoms with van der Waals surface area (Å²) < 4.78 is 0. The molecule has 0 bridgehead atoms. The average molecular weight is 429 g/mol. The van der Waals surface area contributed by atoms with E-state index in [1.807, 2.05) is 48.2 Å². The van der Waals surface area contributed by atoms with Gasteiger partial charge in [0.25, 0.3) is 5.91 Å². The van der Waals surface area contributed by atoms with Crippen molar-refractivity contribution in [3.63, 3.8) is 0 Å². The molecule has 3 rings (SSSR count). The number of piperidine rings is 1. The predicted octanol–water partition coefficient (Wildman–Crippen LogP) is 4.04. The van der Waals surface area contributed by atoms with Gasteiger partial charge in [0.2, 0.25) is 0 Å². The molecule has 0 aliphatic carbocycles. The van der Waals surface area contributed by atoms with Crippen LogP contribution in [0.15, 0.2) is 48.5 Å². The van der Waals surface area contributed by atoms with Gasteiger partial charge >= 0.3 is 6.03 Å². The number of nitrogens with zero attached hydrogens (tertiary/aromatic N) is 2. The molecule has 1 atom stereocenters. The molecule has 0 spiro atoms. The largest absolute Gasteiger partial charge is 0.351 e. The summed E-state index contributed by atoms with van der Waals surface area (Å²) in [5.41, 5.74) is 2.48. The number of halogens is 1. The fourth-order valence-electron chi connectivity index (χ4n) is 3.60. The molecule has 1 unspecified atom stereocenters. The number of carbonyl (C=O) groups is 2. The van der Waals surface area contributed by atoms with Crippen LogP contribution in [-0.2, 0) is 0 Å². The van der Waals surface area contributed by atoms with Crippen LogP contribution >= 0.6 is 11.6 Å². The smallest absolute Gasteiger partial charge is 0.321 e. The Hall–Kier alpha value is -2.57. The summed E-state index contributed by atoms with van der Waals surface area (Å²) in [4.78, 5) is 29.0. The Morgan fingerprint density at radius 2 is 1.93 bits per heavy atom. The fourth-order valence-corrected chi connectivity index (χ4v) is 3.72. The summed E-state index contributed by atoms with van der Waals surface area (Å²) >= 11 is 5.91. The molecule has 6 nitrogen and oxygen atoms in total. The van der Waals surface area contributed by atoms with Crippen molar-refractivity contribution in [2.45, 2.75) is 18.8 Å². The lowest BCUT2D eigenvalue weighted by atomic mass is 9.89. The molecule has 0 aromatic heterocycles. The van der Waals surface area contributed by atoms with E-state index in [0.717, 1.165) is 37.2 Å². The van der Waals surface area contributed by atoms with Crippen LogP contribution in [0.25, 0.3) is 0 Å². The molecule has 3 amide bonds. The van der Waals surface area contributed by atoms with Crippen molar-refractivity contribution < 1.29 is 9.59 Å². The summed E-state index contributed by atoms with van der Waals surface area (Å²) in [6.45, 7) is 2.76. The third-order valence-electron chi connectivity index (χ3n) is 5.27. The standard InChI is InChI=1S/C23H29ClN4O2/c1-27(2)14-12-25-22(29)18-6-3-5-17(15-18)19-7-4-13-28(16-19)23(30)26-21-10-8-20(24)9-11-21/h3,5-6,8-11,15,19H,4,7,12-14,16H2,1-2H3,(H,25,29)(H,26,30). The Balaban J connectivity index is 1.61. The molecule has 1 heterocycles. The lowest BCUT2D eigenvalue weighted by Gasteiger charge is -2.33. The van der Waals surface area contributed by atoms with Gasteiger partial charge < -0.3 is 20.4 Å². The monoisotopic (exact) mass is 428 g/mol. The summed E-state index contributed by atoms with van der Waals surface area (Å²) in [5, 5.41) is 6.52. The first kappa shape index (κ1) is 22.1. The molecule has 2 aromatic carbocycles. The topological polar surface area (TPSA) is 64.7 Å². The van der Waals surface area contributed by atoms with E-state index < -0.39 is 0 Å². The predicted molar refractivity (Wildman–Crippen MR) is 121 cm³/mol. The molecule has 0 radical (unpaired) electrons. The highest BCUT2D eigenvalue weighted by molar-refractivity contribution is 6.30. The molecule has 1 aliphatic rings. The highest BCUT2D eigenvalue weighted by Crippen LogP contribution is 2.28. The molecular formula is C23H29ClN4O2. The third-order valence-corrected chi connectivity index (χ3v) is 5.52. The van der Waals surface area contributed by atoms with Gasteiger partial charge in [-0.2, -0.15) is 0 Å². The van der Waals surface area contributed by atoms with Crippen molar-refractivity contribution in [3.8, 4) is 0 Å². The average Bonchev–Trinajstić information content (AvgIpc) is 2.75. The van der Waals surface area contributed by atoms with Gasteiger partial charge in [0.1, 0.15) is 0 Å². The van der Waals surface area contributed by atoms with Crippen molar-refractivity contribution in [1.82, 2.24) is 15.1 Å². The van der Waals surface area contributed by atoms with Gasteiger partial charge in [0.15, 0.2) is 0 Å². The zero-order valence-corrected chi connectivity index (χ0v) is 18.3. The zero-order valence-electron chi connectivity index (χ0n) is 17.5. The van der Waals surface area contributed by atoms with Gasteiger partial charge in [0, 0.05) is 48.4 Å². The minimum Gasteiger partial charge on any atom is -0.351 e. The van der Waals surface area contributed by atoms with E-state index in [2.05, 4.69) is 10.6 Å². The molecule has 7 heteroatoms. The van der Waals surface area contributed by atoms with Crippen molar-refractivity contribution in [3.05, 3.63) is 64.7 Å². The maximum absolute atomic E-state index is 12.7. The summed E-state index contributed by atoms with van der Waals surface area (Å²) in [6, 6.07) is 14.7. The van der Waals surface area contributed by atoms with E-state index in [4.69, 9.17) is 11.6 Å². The number of carbonyl (C=O) groups excluding carboxylic acids is 2. The van der Waals surface area contributed by atoms with Gasteiger partial charge in [-0.3, -0.25) is 4.79 Å². The number of urea groups is 1. The SMILES string of the molecule is CN(C)CCNC(=O)c1cccc(C2CCCN(C(=O)Nc3ccc(Cl)cc3)C2)c1. The second kappa shape index (κ2) is 10.5. The maximum atomic E-state index is 12.7. The molecule has 2 aromatic rings. The minimum absolute atomic E-state index is 0.0631. The van der Waals surface area contributed by atoms with Crippen molar-refractivity contribution in [2.24, 2.45) is 0 Å². The van der Waals surface area contributed by atoms with Gasteiger partial charge in [-0.1, -0.05) is 23.7 Å². The van der Waals surface area contributed by atoms with E-state index in [-0.39, 0.29) is 17.9 Å². The number of benzene rings is 2. The van der Waals surface area contributed by atoms with Crippen LogP contribution in [0, 0.1) is 0 Å². The summed E-state index contributed by atoms with van der Waals surface area (Å²) in [7, 11) is 3.95. The first-order valence-corrected chi connectivity index (χ1v) is 10.6. The van der Waals surface area contributed by atoms with E-state index in [9.17, 15) is 9.59 Å². The Bertz CT molecular complexity index is 870. The molecule has 1 aliphatic heterocycles. The van der Waals surface area contributed by atoms with Crippen LogP contribution in [0.4, 0.5) is 10.5 Å². The second-order valence-corrected chi connectivity index (χ2v) is 8.34. The van der Waals surface area contributed by atoms with Crippen LogP contribution in [0.2, 0.25) is 5.02 Å². The van der Waals surface area contributed by atoms with Crippen LogP contribution in [0.1, 0.15) is 34.7 Å². The molecule has 1 fully saturated rings. The quantitative estimate of drug-likeness (QED) is 0.729. The number of hydrogen-bond donors (Lipinski definition) is 2. The highest BCUT2D eigenvalue weighted by atomic mass is 35.5. The number of likely N-dealkylation sites (N-methyl/N-ethyl adjacent to an activating group) is 1. The Morgan fingerprint density at radius 1 is 1.17 bits per heavy atom. The maximum Gasteiger partial charge on any atom is 0.321 e. The highest BCUT2D eigenvalue weighted by Gasteiger charge is 2.25. The zero-order chi connectivity index (χ0) is 21.5. The molecule has 160 valence electrons. The van der Waals surface area contributed by atoms with Crippen molar-refractivity contribution in [2.75, 3.05) is 45.6 Å². The third kappa shape index (κ3) is 6.21. The van der Waals surface area contributed by atoms with Gasteiger partial charge in [-0.15, -0.1) is 0 Å². The van der Waals surface area contributed by atoms with Crippen molar-refractivity contribution in [1.29, 1.82) is 0 Å². The fraction of sp³-hybridized carbons (Fsp3) is 0.391. The number of amides is 3. The van der Waals surface area contributed by atoms with E-state index in [1.54, 1.807) is 24.3 Å². The Morgan fingerprint density at radius 3 is 2.67 bits per heavy atom. The Labute approximate surface area is 183 Å². The molecule has 2 N–H and O–H groups in total. The van der Waals surface area contributed by atoms with Crippen LogP contribution in [-0.4, -0.2) is 62.0 Å². The normalized spacial score (nSPS) is 16.4. The molecule has 1 saturated heterocycles. The first-order valence-electron chi connectivity index (χ1n) is 10.3. The number of anilines is 1. The Kier molecular flexibility index (Phi) is 7.71. The first-order chi connectivity index (χ1) is 14.4. The molecule has 30 heavy (non-hydrogen) atoms. The van der Waals surface area contributed by atoms with Gasteiger partial charge in [-0.05, 0) is 68.9 Å². The minimum atomic E-state index is -0.111. The number of nitrogens with one attached hydrogen (secondary N) is 2. The summed E-state index contributed by atoms with van der Waals surface area (Å²) in [5.74, 6) is 0.149. The lowest BCUT2D eigenvalue weighted by Crippen LogP contribution is -2.41. The van der Waals surface area contributed by atoms with E-state index in [1.165, 1.54) is 0 Å². The van der Waals surface area contributed by atoms with E-state index in [0.29, 0.717) is 23.7 Å². The molecule has 0 saturated carbocycles. The number of hydrogen-bond acceptors (Lipinski definition) is 3. The van der Waals surface area contributed by atoms with Crippen molar-refractivity contribution >= 4 is 29.2 Å². The van der Waals surface area contributed by atoms with Gasteiger partial charge in [0.05, 0.1) is 0 Å². The lowest BCUT2D eigenvalue weighted by molar-refractivity contribution is 0.0950.